The van der Waals surface area contributed by atoms with Crippen LogP contribution in [0, 0.1) is 6.92 Å². The van der Waals surface area contributed by atoms with Gasteiger partial charge >= 0.3 is 0 Å². The van der Waals surface area contributed by atoms with E-state index >= 15 is 0 Å². The Labute approximate surface area is 126 Å². The number of hydrogen-bond donors (Lipinski definition) is 2. The van der Waals surface area contributed by atoms with Crippen molar-refractivity contribution in [1.29, 1.82) is 0 Å². The van der Waals surface area contributed by atoms with Gasteiger partial charge in [-0.15, -0.1) is 11.3 Å². The molecule has 0 radical (unpaired) electrons. The van der Waals surface area contributed by atoms with Gasteiger partial charge in [-0.2, -0.15) is 0 Å². The summed E-state index contributed by atoms with van der Waals surface area (Å²) in [5.41, 5.74) is 6.74. The van der Waals surface area contributed by atoms with Crippen LogP contribution in [-0.2, 0) is 15.8 Å². The van der Waals surface area contributed by atoms with E-state index in [0.717, 1.165) is 4.88 Å². The van der Waals surface area contributed by atoms with Crippen LogP contribution in [0.2, 0.25) is 0 Å². The third-order valence-electron chi connectivity index (χ3n) is 2.49. The number of hydrogen-bond acceptors (Lipinski definition) is 5. The lowest BCUT2D eigenvalue weighted by molar-refractivity contribution is 0.600. The standard InChI is InChI=1S/C12H13N3O2S3/c1-8-6-14-12(19-8)15-20(16,17)7-9-4-2-3-5-10(9)11(13)18/h2-6H,7H2,1H3,(H2,13,18)(H,14,15). The van der Waals surface area contributed by atoms with Gasteiger partial charge in [0, 0.05) is 16.6 Å². The SMILES string of the molecule is Cc1cnc(NS(=O)(=O)Cc2ccccc2C(N)=S)s1. The maximum Gasteiger partial charge on any atom is 0.238 e. The first-order chi connectivity index (χ1) is 9.37. The van der Waals surface area contributed by atoms with E-state index in [1.54, 1.807) is 30.5 Å². The van der Waals surface area contributed by atoms with Gasteiger partial charge in [0.2, 0.25) is 10.0 Å². The molecule has 0 atom stereocenters. The van der Waals surface area contributed by atoms with Gasteiger partial charge in [0.15, 0.2) is 5.13 Å². The number of anilines is 1. The Hall–Kier alpha value is -1.51. The van der Waals surface area contributed by atoms with E-state index in [9.17, 15) is 8.42 Å². The minimum absolute atomic E-state index is 0.181. The molecule has 0 unspecified atom stereocenters. The molecular weight excluding hydrogens is 314 g/mol. The van der Waals surface area contributed by atoms with Gasteiger partial charge in [-0.05, 0) is 12.5 Å². The van der Waals surface area contributed by atoms with Gasteiger partial charge in [-0.3, -0.25) is 4.72 Å². The van der Waals surface area contributed by atoms with E-state index in [4.69, 9.17) is 18.0 Å². The van der Waals surface area contributed by atoms with Crippen LogP contribution in [0.4, 0.5) is 5.13 Å². The highest BCUT2D eigenvalue weighted by molar-refractivity contribution is 7.92. The smallest absolute Gasteiger partial charge is 0.238 e. The Morgan fingerprint density at radius 1 is 1.45 bits per heavy atom. The molecule has 0 aliphatic carbocycles. The summed E-state index contributed by atoms with van der Waals surface area (Å²) in [4.78, 5) is 5.10. The molecule has 0 saturated carbocycles. The Bertz CT molecular complexity index is 738. The minimum atomic E-state index is -3.55. The summed E-state index contributed by atoms with van der Waals surface area (Å²) in [6.45, 7) is 1.86. The fourth-order valence-electron chi connectivity index (χ4n) is 1.66. The van der Waals surface area contributed by atoms with Gasteiger partial charge in [0.05, 0.1) is 5.75 Å². The molecule has 0 amide bonds. The number of nitrogens with two attached hydrogens (primary N) is 1. The lowest BCUT2D eigenvalue weighted by Crippen LogP contribution is -2.18. The molecule has 2 aromatic rings. The van der Waals surface area contributed by atoms with Crippen LogP contribution >= 0.6 is 23.6 Å². The van der Waals surface area contributed by atoms with Crippen LogP contribution < -0.4 is 10.5 Å². The first kappa shape index (κ1) is 14.9. The second kappa shape index (κ2) is 5.86. The molecule has 1 aromatic heterocycles. The summed E-state index contributed by atoms with van der Waals surface area (Å²) >= 11 is 6.21. The van der Waals surface area contributed by atoms with Crippen molar-refractivity contribution in [2.75, 3.05) is 4.72 Å². The zero-order valence-electron chi connectivity index (χ0n) is 10.7. The molecule has 1 aromatic carbocycles. The molecule has 0 fully saturated rings. The first-order valence-electron chi connectivity index (χ1n) is 5.68. The van der Waals surface area contributed by atoms with Crippen LogP contribution in [0.25, 0.3) is 0 Å². The van der Waals surface area contributed by atoms with E-state index in [1.165, 1.54) is 11.3 Å². The van der Waals surface area contributed by atoms with Crippen molar-refractivity contribution in [3.05, 3.63) is 46.5 Å². The van der Waals surface area contributed by atoms with E-state index in [-0.39, 0.29) is 10.7 Å². The zero-order valence-corrected chi connectivity index (χ0v) is 13.1. The number of aryl methyl sites for hydroxylation is 1. The Kier molecular flexibility index (Phi) is 4.36. The number of thiazole rings is 1. The molecule has 8 heteroatoms. The maximum absolute atomic E-state index is 12.1. The van der Waals surface area contributed by atoms with Crippen LogP contribution in [0.5, 0.6) is 0 Å². The highest BCUT2D eigenvalue weighted by Crippen LogP contribution is 2.20. The molecule has 0 aliphatic rings. The summed E-state index contributed by atoms with van der Waals surface area (Å²) in [6, 6.07) is 6.92. The number of rotatable bonds is 5. The summed E-state index contributed by atoms with van der Waals surface area (Å²) in [5, 5.41) is 0.357. The van der Waals surface area contributed by atoms with Gasteiger partial charge in [0.25, 0.3) is 0 Å². The largest absolute Gasteiger partial charge is 0.389 e. The highest BCUT2D eigenvalue weighted by Gasteiger charge is 2.16. The van der Waals surface area contributed by atoms with Gasteiger partial charge in [-0.1, -0.05) is 36.5 Å². The van der Waals surface area contributed by atoms with E-state index in [2.05, 4.69) is 9.71 Å². The van der Waals surface area contributed by atoms with E-state index in [0.29, 0.717) is 16.3 Å². The highest BCUT2D eigenvalue weighted by atomic mass is 32.2. The Balaban J connectivity index is 2.22. The molecule has 5 nitrogen and oxygen atoms in total. The van der Waals surface area contributed by atoms with Crippen molar-refractivity contribution in [3.8, 4) is 0 Å². The molecular formula is C12H13N3O2S3. The number of sulfonamides is 1. The van der Waals surface area contributed by atoms with E-state index < -0.39 is 10.0 Å². The van der Waals surface area contributed by atoms with Crippen LogP contribution in [0.3, 0.4) is 0 Å². The second-order valence-electron chi connectivity index (χ2n) is 4.16. The molecule has 20 heavy (non-hydrogen) atoms. The lowest BCUT2D eigenvalue weighted by atomic mass is 10.1. The van der Waals surface area contributed by atoms with Gasteiger partial charge in [0.1, 0.15) is 4.99 Å². The molecule has 0 aliphatic heterocycles. The molecule has 106 valence electrons. The van der Waals surface area contributed by atoms with Gasteiger partial charge in [-0.25, -0.2) is 13.4 Å². The number of aromatic nitrogens is 1. The van der Waals surface area contributed by atoms with Crippen molar-refractivity contribution in [2.24, 2.45) is 5.73 Å². The third kappa shape index (κ3) is 3.75. The van der Waals surface area contributed by atoms with Crippen molar-refractivity contribution in [3.63, 3.8) is 0 Å². The molecule has 1 heterocycles. The molecule has 0 saturated heterocycles. The predicted octanol–water partition coefficient (Wildman–Crippen LogP) is 2.03. The summed E-state index contributed by atoms with van der Waals surface area (Å²) in [7, 11) is -3.55. The van der Waals surface area contributed by atoms with Crippen LogP contribution in [0.15, 0.2) is 30.5 Å². The normalized spacial score (nSPS) is 11.2. The molecule has 0 bridgehead atoms. The fraction of sp³-hybridized carbons (Fsp3) is 0.167. The maximum atomic E-state index is 12.1. The number of nitrogens with zero attached hydrogens (tertiary/aromatic N) is 1. The predicted molar refractivity (Wildman–Crippen MR) is 85.4 cm³/mol. The number of nitrogens with one attached hydrogen (secondary N) is 1. The van der Waals surface area contributed by atoms with Crippen LogP contribution in [0.1, 0.15) is 16.0 Å². The van der Waals surface area contributed by atoms with E-state index in [1.807, 2.05) is 6.92 Å². The third-order valence-corrected chi connectivity index (χ3v) is 4.87. The van der Waals surface area contributed by atoms with Crippen molar-refractivity contribution < 1.29 is 8.42 Å². The van der Waals surface area contributed by atoms with Crippen molar-refractivity contribution in [1.82, 2.24) is 4.98 Å². The lowest BCUT2D eigenvalue weighted by Gasteiger charge is -2.09. The monoisotopic (exact) mass is 327 g/mol. The average Bonchev–Trinajstić information content (AvgIpc) is 2.73. The first-order valence-corrected chi connectivity index (χ1v) is 8.56. The summed E-state index contributed by atoms with van der Waals surface area (Å²) in [6.07, 6.45) is 1.62. The minimum Gasteiger partial charge on any atom is -0.389 e. The second-order valence-corrected chi connectivity index (χ2v) is 7.56. The van der Waals surface area contributed by atoms with Crippen LogP contribution in [-0.4, -0.2) is 18.4 Å². The Morgan fingerprint density at radius 2 is 2.15 bits per heavy atom. The summed E-state index contributed by atoms with van der Waals surface area (Å²) < 4.78 is 26.7. The molecule has 3 N–H and O–H groups in total. The average molecular weight is 327 g/mol. The molecule has 0 spiro atoms. The topological polar surface area (TPSA) is 85.1 Å². The fourth-order valence-corrected chi connectivity index (χ4v) is 3.98. The molecule has 2 rings (SSSR count). The number of thiocarbonyl (C=S) groups is 1. The summed E-state index contributed by atoms with van der Waals surface area (Å²) in [5.74, 6) is -0.195. The number of benzene rings is 1. The quantitative estimate of drug-likeness (QED) is 0.821. The van der Waals surface area contributed by atoms with Crippen molar-refractivity contribution in [2.45, 2.75) is 12.7 Å². The van der Waals surface area contributed by atoms with Gasteiger partial charge < -0.3 is 5.73 Å². The Morgan fingerprint density at radius 3 is 2.75 bits per heavy atom. The van der Waals surface area contributed by atoms with Crippen molar-refractivity contribution >= 4 is 43.7 Å². The zero-order chi connectivity index (χ0) is 14.8.